The number of rotatable bonds is 7. The van der Waals surface area contributed by atoms with Crippen LogP contribution in [0.5, 0.6) is 0 Å². The summed E-state index contributed by atoms with van der Waals surface area (Å²) in [6.07, 6.45) is 0. The van der Waals surface area contributed by atoms with Gasteiger partial charge in [-0.2, -0.15) is 0 Å². The molecule has 3 aromatic rings. The van der Waals surface area contributed by atoms with Gasteiger partial charge < -0.3 is 5.32 Å². The van der Waals surface area contributed by atoms with Crippen LogP contribution in [0.4, 0.5) is 10.2 Å². The van der Waals surface area contributed by atoms with E-state index in [-0.39, 0.29) is 21.8 Å². The van der Waals surface area contributed by atoms with E-state index in [0.717, 1.165) is 4.57 Å². The molecular formula is C14H13BrFN5O4S. The lowest BCUT2D eigenvalue weighted by molar-refractivity contribution is 0.309. The minimum Gasteiger partial charge on any atom is -0.364 e. The Kier molecular flexibility index (Phi) is 5.61. The molecule has 3 rings (SSSR count). The molecule has 1 N–H and O–H groups in total. The van der Waals surface area contributed by atoms with Gasteiger partial charge in [-0.05, 0) is 44.4 Å². The van der Waals surface area contributed by atoms with E-state index in [1.165, 1.54) is 18.2 Å². The van der Waals surface area contributed by atoms with Crippen molar-refractivity contribution in [3.05, 3.63) is 39.0 Å². The summed E-state index contributed by atoms with van der Waals surface area (Å²) in [7, 11) is -0.946. The number of nitrogens with zero attached hydrogens (tertiary/aromatic N) is 4. The van der Waals surface area contributed by atoms with E-state index < -0.39 is 22.4 Å². The predicted octanol–water partition coefficient (Wildman–Crippen LogP) is 1.96. The van der Waals surface area contributed by atoms with Crippen molar-refractivity contribution in [2.75, 3.05) is 23.4 Å². The quantitative estimate of drug-likeness (QED) is 0.586. The molecule has 0 aliphatic rings. The molecule has 0 amide bonds. The fourth-order valence-electron chi connectivity index (χ4n) is 2.13. The summed E-state index contributed by atoms with van der Waals surface area (Å²) in [4.78, 5) is 12.1. The van der Waals surface area contributed by atoms with Crippen LogP contribution in [0.25, 0.3) is 17.2 Å². The second-order valence-electron chi connectivity index (χ2n) is 5.03. The lowest BCUT2D eigenvalue weighted by Crippen LogP contribution is -2.15. The van der Waals surface area contributed by atoms with Crippen LogP contribution in [0.3, 0.4) is 0 Å². The lowest BCUT2D eigenvalue weighted by atomic mass is 10.3. The first-order valence-corrected chi connectivity index (χ1v) is 9.75. The monoisotopic (exact) mass is 445 g/mol. The molecule has 12 heteroatoms. The number of aromatic nitrogens is 4. The molecule has 0 bridgehead atoms. The fourth-order valence-corrected chi connectivity index (χ4v) is 3.12. The smallest absolute Gasteiger partial charge is 0.364 e. The van der Waals surface area contributed by atoms with Crippen LogP contribution in [0.15, 0.2) is 36.6 Å². The minimum absolute atomic E-state index is 0.0360. The molecule has 0 radical (unpaired) electrons. The van der Waals surface area contributed by atoms with Crippen molar-refractivity contribution in [2.24, 2.45) is 0 Å². The molecule has 0 saturated heterocycles. The first-order chi connectivity index (χ1) is 12.5. The van der Waals surface area contributed by atoms with Gasteiger partial charge in [0.15, 0.2) is 5.69 Å². The van der Waals surface area contributed by atoms with Crippen molar-refractivity contribution in [2.45, 2.75) is 6.92 Å². The third kappa shape index (κ3) is 3.75. The van der Waals surface area contributed by atoms with Crippen LogP contribution in [0.1, 0.15) is 6.92 Å². The maximum absolute atomic E-state index is 13.5. The van der Waals surface area contributed by atoms with Gasteiger partial charge in [0.25, 0.3) is 0 Å². The number of nitrogens with one attached hydrogen (secondary N) is 1. The van der Waals surface area contributed by atoms with E-state index in [2.05, 4.69) is 36.7 Å². The molecule has 2 heterocycles. The second kappa shape index (κ2) is 7.91. The Hall–Kier alpha value is -2.34. The Bertz CT molecular complexity index is 1000. The van der Waals surface area contributed by atoms with Gasteiger partial charge in [0.1, 0.15) is 5.82 Å². The first kappa shape index (κ1) is 18.5. The van der Waals surface area contributed by atoms with Gasteiger partial charge in [0, 0.05) is 28.9 Å². The Morgan fingerprint density at radius 1 is 1.35 bits per heavy atom. The molecule has 9 nitrogen and oxygen atoms in total. The van der Waals surface area contributed by atoms with E-state index in [1.54, 1.807) is 0 Å². The standard InChI is InChI=1S/C14H13BrFN5O4S/c1-2-26(23)6-5-17-12-11(18-25-19-12)13-20-24-14(22)21(13)8-3-4-10(16)9(15)7-8/h3-4,7H,2,5-6H2,1H3,(H,17,19). The van der Waals surface area contributed by atoms with Gasteiger partial charge in [-0.3, -0.25) is 8.73 Å². The maximum Gasteiger partial charge on any atom is 0.446 e. The molecule has 138 valence electrons. The normalized spacial score (nSPS) is 12.3. The van der Waals surface area contributed by atoms with Crippen molar-refractivity contribution in [1.82, 2.24) is 20.0 Å². The highest BCUT2D eigenvalue weighted by Crippen LogP contribution is 2.26. The summed E-state index contributed by atoms with van der Waals surface area (Å²) < 4.78 is 35.7. The average molecular weight is 446 g/mol. The van der Waals surface area contributed by atoms with Gasteiger partial charge in [-0.15, -0.1) is 0 Å². The molecule has 0 aliphatic heterocycles. The summed E-state index contributed by atoms with van der Waals surface area (Å²) in [5.74, 6) is -0.0309. The van der Waals surface area contributed by atoms with Crippen LogP contribution in [-0.4, -0.2) is 42.3 Å². The topological polar surface area (TPSA) is 116 Å². The molecule has 0 saturated carbocycles. The third-order valence-electron chi connectivity index (χ3n) is 3.41. The van der Waals surface area contributed by atoms with Gasteiger partial charge in [0.05, 0.1) is 10.2 Å². The zero-order valence-corrected chi connectivity index (χ0v) is 15.8. The van der Waals surface area contributed by atoms with Crippen molar-refractivity contribution in [3.63, 3.8) is 0 Å². The zero-order chi connectivity index (χ0) is 18.7. The summed E-state index contributed by atoms with van der Waals surface area (Å²) in [6.45, 7) is 2.19. The van der Waals surface area contributed by atoms with Crippen molar-refractivity contribution < 1.29 is 17.8 Å². The maximum atomic E-state index is 13.5. The Labute approximate surface area is 157 Å². The van der Waals surface area contributed by atoms with Gasteiger partial charge in [-0.25, -0.2) is 18.4 Å². The molecule has 1 aromatic carbocycles. The number of hydrogen-bond donors (Lipinski definition) is 1. The van der Waals surface area contributed by atoms with Crippen LogP contribution < -0.4 is 11.1 Å². The van der Waals surface area contributed by atoms with Crippen molar-refractivity contribution >= 4 is 32.5 Å². The summed E-state index contributed by atoms with van der Waals surface area (Å²) in [6, 6.07) is 4.00. The highest BCUT2D eigenvalue weighted by molar-refractivity contribution is 9.10. The Morgan fingerprint density at radius 2 is 2.15 bits per heavy atom. The van der Waals surface area contributed by atoms with Crippen LogP contribution >= 0.6 is 15.9 Å². The van der Waals surface area contributed by atoms with E-state index in [1.807, 2.05) is 6.92 Å². The zero-order valence-electron chi connectivity index (χ0n) is 13.4. The number of anilines is 1. The lowest BCUT2D eigenvalue weighted by Gasteiger charge is -2.05. The molecular weight excluding hydrogens is 433 g/mol. The van der Waals surface area contributed by atoms with Gasteiger partial charge in [-0.1, -0.05) is 12.1 Å². The fraction of sp³-hybridized carbons (Fsp3) is 0.286. The number of benzene rings is 1. The average Bonchev–Trinajstić information content (AvgIpc) is 3.23. The SMILES string of the molecule is CCS(=O)CCNc1nonc1-c1noc(=O)n1-c1ccc(F)c(Br)c1. The van der Waals surface area contributed by atoms with Crippen molar-refractivity contribution in [3.8, 4) is 17.2 Å². The van der Waals surface area contributed by atoms with E-state index in [4.69, 9.17) is 9.15 Å². The first-order valence-electron chi connectivity index (χ1n) is 7.47. The van der Waals surface area contributed by atoms with Crippen LogP contribution in [0, 0.1) is 5.82 Å². The molecule has 2 aromatic heterocycles. The highest BCUT2D eigenvalue weighted by atomic mass is 79.9. The third-order valence-corrected chi connectivity index (χ3v) is 5.32. The van der Waals surface area contributed by atoms with Crippen molar-refractivity contribution in [1.29, 1.82) is 0 Å². The van der Waals surface area contributed by atoms with E-state index in [0.29, 0.717) is 23.7 Å². The number of halogens is 2. The molecule has 0 fully saturated rings. The van der Waals surface area contributed by atoms with E-state index in [9.17, 15) is 13.4 Å². The molecule has 26 heavy (non-hydrogen) atoms. The highest BCUT2D eigenvalue weighted by Gasteiger charge is 2.23. The van der Waals surface area contributed by atoms with Gasteiger partial charge >= 0.3 is 5.76 Å². The van der Waals surface area contributed by atoms with E-state index >= 15 is 0 Å². The summed E-state index contributed by atoms with van der Waals surface area (Å²) in [5, 5.41) is 14.1. The Balaban J connectivity index is 1.94. The Morgan fingerprint density at radius 3 is 2.88 bits per heavy atom. The summed E-state index contributed by atoms with van der Waals surface area (Å²) in [5.41, 5.74) is 0.458. The minimum atomic E-state index is -0.946. The molecule has 1 atom stereocenters. The molecule has 1 unspecified atom stereocenters. The molecule has 0 spiro atoms. The number of hydrogen-bond acceptors (Lipinski definition) is 8. The van der Waals surface area contributed by atoms with Gasteiger partial charge in [0.2, 0.25) is 11.6 Å². The van der Waals surface area contributed by atoms with Crippen LogP contribution in [-0.2, 0) is 10.8 Å². The molecule has 0 aliphatic carbocycles. The summed E-state index contributed by atoms with van der Waals surface area (Å²) >= 11 is 3.07. The largest absolute Gasteiger partial charge is 0.446 e. The second-order valence-corrected chi connectivity index (χ2v) is 7.75. The van der Waals surface area contributed by atoms with Crippen LogP contribution in [0.2, 0.25) is 0 Å². The predicted molar refractivity (Wildman–Crippen MR) is 95.1 cm³/mol.